The Kier molecular flexibility index (Phi) is 5.08. The molecule has 4 aromatic rings. The van der Waals surface area contributed by atoms with Crippen molar-refractivity contribution in [2.24, 2.45) is 0 Å². The molecule has 0 atom stereocenters. The smallest absolute Gasteiger partial charge is 0.185 e. The number of aromatic nitrogens is 1. The first kappa shape index (κ1) is 18.5. The van der Waals surface area contributed by atoms with Gasteiger partial charge < -0.3 is 4.57 Å². The van der Waals surface area contributed by atoms with Crippen LogP contribution in [0.3, 0.4) is 0 Å². The van der Waals surface area contributed by atoms with E-state index in [1.807, 2.05) is 67.6 Å². The Balaban J connectivity index is 2.18. The predicted octanol–water partition coefficient (Wildman–Crippen LogP) is 6.79. The lowest BCUT2D eigenvalue weighted by molar-refractivity contribution is 1.04. The highest BCUT2D eigenvalue weighted by molar-refractivity contribution is 6.35. The lowest BCUT2D eigenvalue weighted by atomic mass is 10.0. The quantitative estimate of drug-likeness (QED) is 0.367. The first-order valence-electron chi connectivity index (χ1n) is 8.89. The number of nitrogens with zero attached hydrogens (tertiary/aromatic N) is 1. The molecule has 0 unspecified atom stereocenters. The van der Waals surface area contributed by atoms with Gasteiger partial charge in [-0.3, -0.25) is 4.79 Å². The number of benzene rings is 3. The largest absolute Gasteiger partial charge is 0.309 e. The van der Waals surface area contributed by atoms with E-state index < -0.39 is 0 Å². The Morgan fingerprint density at radius 2 is 1.43 bits per heavy atom. The van der Waals surface area contributed by atoms with Crippen molar-refractivity contribution in [1.29, 1.82) is 0 Å². The molecule has 1 aromatic heterocycles. The van der Waals surface area contributed by atoms with Gasteiger partial charge in [0.15, 0.2) is 5.43 Å². The molecular formula is C24H17Cl2NO. The van der Waals surface area contributed by atoms with Crippen molar-refractivity contribution in [2.45, 2.75) is 6.92 Å². The van der Waals surface area contributed by atoms with Crippen LogP contribution in [0.2, 0.25) is 10.0 Å². The van der Waals surface area contributed by atoms with E-state index in [-0.39, 0.29) is 5.43 Å². The molecule has 0 aliphatic rings. The lowest BCUT2D eigenvalue weighted by Gasteiger charge is -2.22. The van der Waals surface area contributed by atoms with Crippen molar-refractivity contribution in [3.63, 3.8) is 0 Å². The number of hydrogen-bond acceptors (Lipinski definition) is 1. The van der Waals surface area contributed by atoms with E-state index in [0.717, 1.165) is 28.2 Å². The van der Waals surface area contributed by atoms with Gasteiger partial charge in [-0.05, 0) is 42.8 Å². The maximum absolute atomic E-state index is 12.9. The summed E-state index contributed by atoms with van der Waals surface area (Å²) in [4.78, 5) is 12.9. The van der Waals surface area contributed by atoms with Crippen molar-refractivity contribution >= 4 is 23.2 Å². The zero-order valence-electron chi connectivity index (χ0n) is 15.2. The average Bonchev–Trinajstić information content (AvgIpc) is 2.73. The van der Waals surface area contributed by atoms with Crippen LogP contribution in [-0.4, -0.2) is 4.57 Å². The fourth-order valence-corrected chi connectivity index (χ4v) is 3.75. The van der Waals surface area contributed by atoms with Gasteiger partial charge >= 0.3 is 0 Å². The average molecular weight is 406 g/mol. The van der Waals surface area contributed by atoms with E-state index >= 15 is 0 Å². The Labute approximate surface area is 173 Å². The summed E-state index contributed by atoms with van der Waals surface area (Å²) in [5, 5.41) is 1.11. The Hall–Kier alpha value is -2.81. The third-order valence-corrected chi connectivity index (χ3v) is 5.29. The van der Waals surface area contributed by atoms with Gasteiger partial charge in [0.1, 0.15) is 0 Å². The molecule has 0 saturated heterocycles. The Morgan fingerprint density at radius 1 is 0.786 bits per heavy atom. The zero-order chi connectivity index (χ0) is 19.7. The van der Waals surface area contributed by atoms with E-state index in [0.29, 0.717) is 15.6 Å². The Bertz CT molecular complexity index is 1200. The van der Waals surface area contributed by atoms with E-state index in [1.165, 1.54) is 0 Å². The van der Waals surface area contributed by atoms with Crippen LogP contribution in [-0.2, 0) is 0 Å². The van der Waals surface area contributed by atoms with Crippen molar-refractivity contribution in [2.75, 3.05) is 0 Å². The van der Waals surface area contributed by atoms with Crippen LogP contribution in [0.15, 0.2) is 89.7 Å². The van der Waals surface area contributed by atoms with Gasteiger partial charge in [-0.1, -0.05) is 71.7 Å². The lowest BCUT2D eigenvalue weighted by Crippen LogP contribution is -2.15. The molecule has 0 bridgehead atoms. The molecule has 0 aliphatic heterocycles. The highest BCUT2D eigenvalue weighted by Gasteiger charge is 2.19. The van der Waals surface area contributed by atoms with Gasteiger partial charge in [0, 0.05) is 27.9 Å². The summed E-state index contributed by atoms with van der Waals surface area (Å²) in [6.07, 6.45) is 0. The number of pyridine rings is 1. The van der Waals surface area contributed by atoms with Crippen molar-refractivity contribution in [3.05, 3.63) is 111 Å². The molecular weight excluding hydrogens is 389 g/mol. The molecule has 0 fully saturated rings. The molecule has 2 nitrogen and oxygen atoms in total. The van der Waals surface area contributed by atoms with Gasteiger partial charge in [0.2, 0.25) is 0 Å². The van der Waals surface area contributed by atoms with Crippen molar-refractivity contribution in [3.8, 4) is 28.2 Å². The minimum atomic E-state index is -0.0444. The van der Waals surface area contributed by atoms with Crippen LogP contribution >= 0.6 is 23.2 Å². The molecule has 4 heteroatoms. The van der Waals surface area contributed by atoms with E-state index in [1.54, 1.807) is 24.3 Å². The van der Waals surface area contributed by atoms with Crippen LogP contribution in [0.5, 0.6) is 0 Å². The van der Waals surface area contributed by atoms with Crippen LogP contribution < -0.4 is 5.43 Å². The van der Waals surface area contributed by atoms with Crippen LogP contribution in [0.4, 0.5) is 0 Å². The van der Waals surface area contributed by atoms with Crippen molar-refractivity contribution < 1.29 is 0 Å². The molecule has 1 heterocycles. The van der Waals surface area contributed by atoms with Gasteiger partial charge in [0.05, 0.1) is 16.4 Å². The second kappa shape index (κ2) is 7.67. The van der Waals surface area contributed by atoms with Gasteiger partial charge in [0.25, 0.3) is 0 Å². The van der Waals surface area contributed by atoms with E-state index in [9.17, 15) is 4.79 Å². The SMILES string of the molecule is Cc1c(-c2cc(Cl)ccc2Cl)n(-c2ccccc2)c(-c2ccccc2)cc1=O. The summed E-state index contributed by atoms with van der Waals surface area (Å²) in [5.74, 6) is 0. The molecule has 4 rings (SSSR count). The van der Waals surface area contributed by atoms with E-state index in [2.05, 4.69) is 4.57 Å². The minimum absolute atomic E-state index is 0.0444. The summed E-state index contributed by atoms with van der Waals surface area (Å²) < 4.78 is 2.07. The summed E-state index contributed by atoms with van der Waals surface area (Å²) >= 11 is 12.8. The normalized spacial score (nSPS) is 10.8. The zero-order valence-corrected chi connectivity index (χ0v) is 16.7. The fraction of sp³-hybridized carbons (Fsp3) is 0.0417. The molecule has 0 aliphatic carbocycles. The third kappa shape index (κ3) is 3.37. The highest BCUT2D eigenvalue weighted by Crippen LogP contribution is 2.36. The molecule has 0 amide bonds. The fourth-order valence-electron chi connectivity index (χ4n) is 3.37. The molecule has 3 aromatic carbocycles. The third-order valence-electron chi connectivity index (χ3n) is 4.72. The first-order valence-corrected chi connectivity index (χ1v) is 9.65. The summed E-state index contributed by atoms with van der Waals surface area (Å²) in [6.45, 7) is 1.82. The van der Waals surface area contributed by atoms with Crippen molar-refractivity contribution in [1.82, 2.24) is 4.57 Å². The maximum atomic E-state index is 12.9. The number of rotatable bonds is 3. The topological polar surface area (TPSA) is 22.0 Å². The van der Waals surface area contributed by atoms with Crippen LogP contribution in [0, 0.1) is 6.92 Å². The number of hydrogen-bond donors (Lipinski definition) is 0. The summed E-state index contributed by atoms with van der Waals surface area (Å²) in [6, 6.07) is 26.8. The Morgan fingerprint density at radius 3 is 2.11 bits per heavy atom. The number of halogens is 2. The van der Waals surface area contributed by atoms with Gasteiger partial charge in [-0.15, -0.1) is 0 Å². The summed E-state index contributed by atoms with van der Waals surface area (Å²) in [7, 11) is 0. The maximum Gasteiger partial charge on any atom is 0.185 e. The molecule has 0 radical (unpaired) electrons. The van der Waals surface area contributed by atoms with E-state index in [4.69, 9.17) is 23.2 Å². The predicted molar refractivity (Wildman–Crippen MR) is 118 cm³/mol. The molecule has 0 N–H and O–H groups in total. The first-order chi connectivity index (χ1) is 13.6. The van der Waals surface area contributed by atoms with Gasteiger partial charge in [-0.25, -0.2) is 0 Å². The minimum Gasteiger partial charge on any atom is -0.309 e. The highest BCUT2D eigenvalue weighted by atomic mass is 35.5. The number of para-hydroxylation sites is 1. The monoisotopic (exact) mass is 405 g/mol. The molecule has 0 saturated carbocycles. The molecule has 0 spiro atoms. The van der Waals surface area contributed by atoms with Gasteiger partial charge in [-0.2, -0.15) is 0 Å². The molecule has 28 heavy (non-hydrogen) atoms. The summed E-state index contributed by atoms with van der Waals surface area (Å²) in [5.41, 5.74) is 4.73. The van der Waals surface area contributed by atoms with Crippen LogP contribution in [0.25, 0.3) is 28.2 Å². The second-order valence-electron chi connectivity index (χ2n) is 6.53. The molecule has 138 valence electrons. The standard InChI is InChI=1S/C24H17Cl2NO/c1-16-23(28)15-22(17-8-4-2-5-9-17)27(19-10-6-3-7-11-19)24(16)20-14-18(25)12-13-21(20)26/h2-15H,1H3. The van der Waals surface area contributed by atoms with Crippen LogP contribution in [0.1, 0.15) is 5.56 Å². The second-order valence-corrected chi connectivity index (χ2v) is 7.37.